The lowest BCUT2D eigenvalue weighted by molar-refractivity contribution is -0.118. The topological polar surface area (TPSA) is 77.5 Å². The molecule has 0 aliphatic rings. The van der Waals surface area contributed by atoms with Crippen molar-refractivity contribution >= 4 is 45.2 Å². The maximum Gasteiger partial charge on any atom is 0.339 e. The lowest BCUT2D eigenvalue weighted by Gasteiger charge is -2.09. The van der Waals surface area contributed by atoms with Crippen LogP contribution in [0.25, 0.3) is 10.2 Å². The minimum Gasteiger partial charge on any atom is -0.455 e. The Balaban J connectivity index is 1.58. The van der Waals surface area contributed by atoms with Crippen molar-refractivity contribution in [1.29, 1.82) is 0 Å². The summed E-state index contributed by atoms with van der Waals surface area (Å²) in [6.45, 7) is 1.04. The highest BCUT2D eigenvalue weighted by Crippen LogP contribution is 2.25. The molecule has 1 N–H and O–H groups in total. The van der Waals surface area contributed by atoms with Crippen molar-refractivity contribution < 1.29 is 19.1 Å². The minimum atomic E-state index is -0.429. The molecular formula is C20H20N2O4S2. The Kier molecular flexibility index (Phi) is 7.41. The summed E-state index contributed by atoms with van der Waals surface area (Å²) in [4.78, 5) is 29.6. The van der Waals surface area contributed by atoms with Crippen LogP contribution in [0.4, 0.5) is 0 Å². The van der Waals surface area contributed by atoms with Crippen molar-refractivity contribution in [3.63, 3.8) is 0 Å². The Morgan fingerprint density at radius 1 is 1.14 bits per heavy atom. The van der Waals surface area contributed by atoms with Crippen LogP contribution in [-0.2, 0) is 20.9 Å². The van der Waals surface area contributed by atoms with Crippen molar-refractivity contribution in [2.24, 2.45) is 0 Å². The first kappa shape index (κ1) is 20.3. The van der Waals surface area contributed by atoms with E-state index in [1.54, 1.807) is 25.3 Å². The lowest BCUT2D eigenvalue weighted by atomic mass is 10.2. The molecule has 3 rings (SSSR count). The van der Waals surface area contributed by atoms with Crippen LogP contribution >= 0.6 is 23.1 Å². The van der Waals surface area contributed by atoms with Gasteiger partial charge in [-0.05, 0) is 24.3 Å². The monoisotopic (exact) mass is 416 g/mol. The van der Waals surface area contributed by atoms with E-state index >= 15 is 0 Å². The van der Waals surface area contributed by atoms with E-state index in [0.29, 0.717) is 23.6 Å². The fraction of sp³-hybridized carbons (Fsp3) is 0.250. The van der Waals surface area contributed by atoms with Gasteiger partial charge in [0.2, 0.25) is 5.91 Å². The number of nitrogens with one attached hydrogen (secondary N) is 1. The van der Waals surface area contributed by atoms with Crippen LogP contribution in [-0.4, -0.2) is 42.9 Å². The van der Waals surface area contributed by atoms with E-state index < -0.39 is 5.97 Å². The van der Waals surface area contributed by atoms with Gasteiger partial charge in [0.05, 0.1) is 28.1 Å². The number of nitrogens with zero attached hydrogens (tertiary/aromatic N) is 1. The van der Waals surface area contributed by atoms with Gasteiger partial charge < -0.3 is 14.8 Å². The second kappa shape index (κ2) is 10.2. The van der Waals surface area contributed by atoms with Gasteiger partial charge in [-0.3, -0.25) is 4.79 Å². The molecule has 146 valence electrons. The first-order chi connectivity index (χ1) is 13.7. The molecule has 0 aliphatic heterocycles. The second-order valence-corrected chi connectivity index (χ2v) is 7.91. The van der Waals surface area contributed by atoms with Gasteiger partial charge in [0.25, 0.3) is 0 Å². The zero-order valence-corrected chi connectivity index (χ0v) is 17.0. The fourth-order valence-corrected chi connectivity index (χ4v) is 4.19. The van der Waals surface area contributed by atoms with Gasteiger partial charge in [-0.25, -0.2) is 9.78 Å². The van der Waals surface area contributed by atoms with Crippen LogP contribution in [0.5, 0.6) is 0 Å². The Morgan fingerprint density at radius 3 is 2.75 bits per heavy atom. The standard InChI is InChI=1S/C20H20N2O4S2/c1-25-11-10-21-18(23)13-27-16-8-4-2-6-14(16)20(24)26-12-19-22-15-7-3-5-9-17(15)28-19/h2-9H,10-13H2,1H3,(H,21,23). The average Bonchev–Trinajstić information content (AvgIpc) is 3.14. The molecular weight excluding hydrogens is 396 g/mol. The minimum absolute atomic E-state index is 0.111. The van der Waals surface area contributed by atoms with Crippen LogP contribution in [0.3, 0.4) is 0 Å². The summed E-state index contributed by atoms with van der Waals surface area (Å²) in [6, 6.07) is 14.9. The van der Waals surface area contributed by atoms with Gasteiger partial charge in [-0.1, -0.05) is 24.3 Å². The van der Waals surface area contributed by atoms with E-state index in [0.717, 1.165) is 15.2 Å². The third kappa shape index (κ3) is 5.54. The van der Waals surface area contributed by atoms with E-state index in [2.05, 4.69) is 10.3 Å². The number of hydrogen-bond donors (Lipinski definition) is 1. The number of methoxy groups -OCH3 is 1. The average molecular weight is 417 g/mol. The summed E-state index contributed by atoms with van der Waals surface area (Å²) in [5.41, 5.74) is 1.34. The number of aromatic nitrogens is 1. The summed E-state index contributed by atoms with van der Waals surface area (Å²) >= 11 is 2.81. The number of hydrogen-bond acceptors (Lipinski definition) is 7. The molecule has 2 aromatic carbocycles. The first-order valence-corrected chi connectivity index (χ1v) is 10.5. The lowest BCUT2D eigenvalue weighted by Crippen LogP contribution is -2.28. The number of benzene rings is 2. The Morgan fingerprint density at radius 2 is 1.93 bits per heavy atom. The van der Waals surface area contributed by atoms with Crippen LogP contribution < -0.4 is 5.32 Å². The van der Waals surface area contributed by atoms with Crippen molar-refractivity contribution in [3.8, 4) is 0 Å². The number of ether oxygens (including phenoxy) is 2. The predicted molar refractivity (Wildman–Crippen MR) is 111 cm³/mol. The Labute approximate surface area is 171 Å². The molecule has 8 heteroatoms. The number of thiazole rings is 1. The number of thioether (sulfide) groups is 1. The largest absolute Gasteiger partial charge is 0.455 e. The molecule has 0 saturated heterocycles. The summed E-state index contributed by atoms with van der Waals surface area (Å²) in [5, 5.41) is 3.50. The highest BCUT2D eigenvalue weighted by atomic mass is 32.2. The van der Waals surface area contributed by atoms with Crippen LogP contribution in [0.1, 0.15) is 15.4 Å². The van der Waals surface area contributed by atoms with E-state index in [-0.39, 0.29) is 18.3 Å². The smallest absolute Gasteiger partial charge is 0.339 e. The van der Waals surface area contributed by atoms with Crippen molar-refractivity contribution in [2.75, 3.05) is 26.0 Å². The molecule has 1 heterocycles. The van der Waals surface area contributed by atoms with Crippen LogP contribution in [0.2, 0.25) is 0 Å². The Hall–Kier alpha value is -2.42. The maximum absolute atomic E-state index is 12.5. The molecule has 0 bridgehead atoms. The van der Waals surface area contributed by atoms with E-state index in [1.807, 2.05) is 30.3 Å². The van der Waals surface area contributed by atoms with Gasteiger partial charge in [-0.15, -0.1) is 23.1 Å². The summed E-state index contributed by atoms with van der Waals surface area (Å²) in [7, 11) is 1.58. The number of fused-ring (bicyclic) bond motifs is 1. The number of rotatable bonds is 9. The first-order valence-electron chi connectivity index (χ1n) is 8.66. The zero-order chi connectivity index (χ0) is 19.8. The second-order valence-electron chi connectivity index (χ2n) is 5.78. The van der Waals surface area contributed by atoms with E-state index in [1.165, 1.54) is 23.1 Å². The van der Waals surface area contributed by atoms with E-state index in [9.17, 15) is 9.59 Å². The molecule has 0 spiro atoms. The molecule has 3 aromatic rings. The van der Waals surface area contributed by atoms with Gasteiger partial charge >= 0.3 is 5.97 Å². The van der Waals surface area contributed by atoms with Crippen LogP contribution in [0.15, 0.2) is 53.4 Å². The molecule has 0 radical (unpaired) electrons. The molecule has 1 aromatic heterocycles. The quantitative estimate of drug-likeness (QED) is 0.327. The van der Waals surface area contributed by atoms with Gasteiger partial charge in [-0.2, -0.15) is 0 Å². The number of esters is 1. The fourth-order valence-electron chi connectivity index (χ4n) is 2.43. The molecule has 0 atom stereocenters. The van der Waals surface area contributed by atoms with E-state index in [4.69, 9.17) is 9.47 Å². The number of para-hydroxylation sites is 1. The zero-order valence-electron chi connectivity index (χ0n) is 15.3. The molecule has 0 fully saturated rings. The molecule has 0 unspecified atom stereocenters. The van der Waals surface area contributed by atoms with Crippen molar-refractivity contribution in [2.45, 2.75) is 11.5 Å². The molecule has 0 aliphatic carbocycles. The Bertz CT molecular complexity index is 925. The molecule has 0 saturated carbocycles. The SMILES string of the molecule is COCCNC(=O)CSc1ccccc1C(=O)OCc1nc2ccccc2s1. The molecule has 6 nitrogen and oxygen atoms in total. The van der Waals surface area contributed by atoms with Crippen molar-refractivity contribution in [1.82, 2.24) is 10.3 Å². The highest BCUT2D eigenvalue weighted by Gasteiger charge is 2.15. The molecule has 1 amide bonds. The molecule has 28 heavy (non-hydrogen) atoms. The third-order valence-electron chi connectivity index (χ3n) is 3.76. The van der Waals surface area contributed by atoms with Gasteiger partial charge in [0.15, 0.2) is 0 Å². The number of amides is 1. The summed E-state index contributed by atoms with van der Waals surface area (Å²) < 4.78 is 11.4. The highest BCUT2D eigenvalue weighted by molar-refractivity contribution is 8.00. The van der Waals surface area contributed by atoms with Crippen molar-refractivity contribution in [3.05, 3.63) is 59.1 Å². The maximum atomic E-state index is 12.5. The van der Waals surface area contributed by atoms with Gasteiger partial charge in [0, 0.05) is 18.6 Å². The number of carbonyl (C=O) groups is 2. The summed E-state index contributed by atoms with van der Waals surface area (Å²) in [6.07, 6.45) is 0. The summed E-state index contributed by atoms with van der Waals surface area (Å²) in [5.74, 6) is -0.326. The third-order valence-corrected chi connectivity index (χ3v) is 5.84. The normalized spacial score (nSPS) is 10.8. The van der Waals surface area contributed by atoms with Gasteiger partial charge in [0.1, 0.15) is 11.6 Å². The van der Waals surface area contributed by atoms with Crippen LogP contribution in [0, 0.1) is 0 Å². The number of carbonyl (C=O) groups excluding carboxylic acids is 2. The predicted octanol–water partition coefficient (Wildman–Crippen LogP) is 3.51.